The fraction of sp³-hybridized carbons (Fsp3) is 0. The molecule has 0 heterocycles. The molecule has 27 valence electrons. The van der Waals surface area contributed by atoms with Gasteiger partial charge in [0.05, 0.1) is 0 Å². The van der Waals surface area contributed by atoms with Crippen LogP contribution in [0, 0.1) is 0 Å². The standard InChI is InChI=1S/Mo.3H3P/h;3*1H3/q+3;;;. The smallest absolute Gasteiger partial charge is 0.153 e. The van der Waals surface area contributed by atoms with Gasteiger partial charge in [-0.05, 0) is 0 Å². The third kappa shape index (κ3) is 9.02. The van der Waals surface area contributed by atoms with Gasteiger partial charge in [-0.25, -0.2) is 0 Å². The summed E-state index contributed by atoms with van der Waals surface area (Å²) in [6.07, 6.45) is 0. The van der Waals surface area contributed by atoms with Crippen molar-refractivity contribution in [1.29, 1.82) is 0 Å². The van der Waals surface area contributed by atoms with Gasteiger partial charge in [-0.2, -0.15) is 29.7 Å². The summed E-state index contributed by atoms with van der Waals surface area (Å²) in [5, 5.41) is 0. The van der Waals surface area contributed by atoms with E-state index in [9.17, 15) is 0 Å². The first-order chi connectivity index (χ1) is 0. The Morgan fingerprint density at radius 3 is 0.500 bits per heavy atom. The normalized spacial score (nSPS) is 0. The van der Waals surface area contributed by atoms with Gasteiger partial charge in [0, 0.05) is 0 Å². The second-order valence-electron chi connectivity index (χ2n) is 0. The molecule has 0 rings (SSSR count). The topological polar surface area (TPSA) is 0 Å². The average Bonchev–Trinajstić information content (AvgIpc) is 0. The molecular weight excluding hydrogens is 189 g/mol. The van der Waals surface area contributed by atoms with Gasteiger partial charge < -0.3 is 0 Å². The molecule has 3 atom stereocenters. The molecule has 0 aliphatic rings. The summed E-state index contributed by atoms with van der Waals surface area (Å²) in [7, 11) is 0. The van der Waals surface area contributed by atoms with E-state index in [2.05, 4.69) is 0 Å². The van der Waals surface area contributed by atoms with Crippen molar-refractivity contribution in [3.8, 4) is 0 Å². The van der Waals surface area contributed by atoms with E-state index in [1.54, 1.807) is 0 Å². The van der Waals surface area contributed by atoms with E-state index >= 15 is 0 Å². The zero-order valence-corrected chi connectivity index (χ0v) is 8.78. The third-order valence-corrected chi connectivity index (χ3v) is 0. The second kappa shape index (κ2) is 20.1. The molecular formula is H9MoP3+3. The van der Waals surface area contributed by atoms with Gasteiger partial charge in [0.2, 0.25) is 0 Å². The molecule has 0 saturated heterocycles. The Morgan fingerprint density at radius 1 is 0.500 bits per heavy atom. The summed E-state index contributed by atoms with van der Waals surface area (Å²) in [4.78, 5) is 0. The summed E-state index contributed by atoms with van der Waals surface area (Å²) in [6, 6.07) is 0. The molecule has 0 aromatic heterocycles. The van der Waals surface area contributed by atoms with Crippen molar-refractivity contribution < 1.29 is 21.1 Å². The maximum atomic E-state index is 0. The molecule has 0 aliphatic heterocycles. The molecule has 4 heteroatoms. The van der Waals surface area contributed by atoms with Crippen molar-refractivity contribution in [2.24, 2.45) is 0 Å². The molecule has 4 heavy (non-hydrogen) atoms. The molecule has 0 N–H and O–H groups in total. The van der Waals surface area contributed by atoms with Crippen LogP contribution < -0.4 is 0 Å². The van der Waals surface area contributed by atoms with Crippen LogP contribution in [0.25, 0.3) is 0 Å². The first kappa shape index (κ1) is 37.9. The van der Waals surface area contributed by atoms with Crippen LogP contribution in [0.2, 0.25) is 0 Å². The number of hydrogen-bond acceptors (Lipinski definition) is 0. The largest absolute Gasteiger partial charge is 3.00 e. The Labute approximate surface area is 51.0 Å². The minimum Gasteiger partial charge on any atom is -0.153 e. The first-order valence-electron chi connectivity index (χ1n) is 0. The van der Waals surface area contributed by atoms with E-state index < -0.39 is 0 Å². The number of rotatable bonds is 0. The molecule has 0 aromatic rings. The molecule has 0 saturated carbocycles. The molecule has 1 radical (unpaired) electrons. The number of hydrogen-bond donors (Lipinski definition) is 0. The molecule has 0 amide bonds. The zero-order valence-electron chi connectivity index (χ0n) is 2.53. The fourth-order valence-corrected chi connectivity index (χ4v) is 0. The van der Waals surface area contributed by atoms with Crippen LogP contribution in [0.3, 0.4) is 0 Å². The molecule has 0 nitrogen and oxygen atoms in total. The van der Waals surface area contributed by atoms with Crippen LogP contribution in [0.5, 0.6) is 0 Å². The van der Waals surface area contributed by atoms with Gasteiger partial charge in [-0.1, -0.05) is 0 Å². The Balaban J connectivity index is 0. The van der Waals surface area contributed by atoms with Gasteiger partial charge in [0.15, 0.2) is 0 Å². The zero-order chi connectivity index (χ0) is 0. The summed E-state index contributed by atoms with van der Waals surface area (Å²) in [5.74, 6) is 0. The van der Waals surface area contributed by atoms with Gasteiger partial charge >= 0.3 is 21.1 Å². The third-order valence-electron chi connectivity index (χ3n) is 0. The van der Waals surface area contributed by atoms with Crippen molar-refractivity contribution in [3.63, 3.8) is 0 Å². The van der Waals surface area contributed by atoms with Crippen molar-refractivity contribution in [2.45, 2.75) is 0 Å². The maximum Gasteiger partial charge on any atom is 3.00 e. The van der Waals surface area contributed by atoms with Gasteiger partial charge in [0.1, 0.15) is 0 Å². The minimum atomic E-state index is 0. The molecule has 0 fully saturated rings. The quantitative estimate of drug-likeness (QED) is 0.384. The predicted octanol–water partition coefficient (Wildman–Crippen LogP) is 0.172. The van der Waals surface area contributed by atoms with Gasteiger partial charge in [-0.15, -0.1) is 0 Å². The SMILES string of the molecule is P.P.P.[Mo+3]. The first-order valence-corrected chi connectivity index (χ1v) is 0. The second-order valence-corrected chi connectivity index (χ2v) is 0. The van der Waals surface area contributed by atoms with Crippen molar-refractivity contribution >= 4 is 29.7 Å². The van der Waals surface area contributed by atoms with E-state index in [0.717, 1.165) is 0 Å². The summed E-state index contributed by atoms with van der Waals surface area (Å²) < 4.78 is 0. The predicted molar refractivity (Wildman–Crippen MR) is 33.3 cm³/mol. The van der Waals surface area contributed by atoms with Crippen molar-refractivity contribution in [1.82, 2.24) is 0 Å². The minimum absolute atomic E-state index is 0. The average molecular weight is 198 g/mol. The van der Waals surface area contributed by atoms with Gasteiger partial charge in [0.25, 0.3) is 0 Å². The molecule has 0 spiro atoms. The monoisotopic (exact) mass is 200 g/mol. The summed E-state index contributed by atoms with van der Waals surface area (Å²) in [6.45, 7) is 0. The Hall–Kier alpha value is 1.98. The molecule has 0 bridgehead atoms. The van der Waals surface area contributed by atoms with E-state index in [-0.39, 0.29) is 50.8 Å². The van der Waals surface area contributed by atoms with Crippen molar-refractivity contribution in [3.05, 3.63) is 0 Å². The van der Waals surface area contributed by atoms with Gasteiger partial charge in [-0.3, -0.25) is 0 Å². The fourth-order valence-electron chi connectivity index (χ4n) is 0. The Kier molecular flexibility index (Phi) is 191. The van der Waals surface area contributed by atoms with E-state index in [1.807, 2.05) is 0 Å². The molecule has 3 unspecified atom stereocenters. The van der Waals surface area contributed by atoms with Crippen molar-refractivity contribution in [2.75, 3.05) is 0 Å². The van der Waals surface area contributed by atoms with Crippen LogP contribution in [0.4, 0.5) is 0 Å². The van der Waals surface area contributed by atoms with Crippen LogP contribution in [-0.2, 0) is 21.1 Å². The van der Waals surface area contributed by atoms with Crippen LogP contribution in [-0.4, -0.2) is 0 Å². The molecule has 0 aromatic carbocycles. The van der Waals surface area contributed by atoms with Crippen LogP contribution >= 0.6 is 29.7 Å². The summed E-state index contributed by atoms with van der Waals surface area (Å²) in [5.41, 5.74) is 0. The van der Waals surface area contributed by atoms with Crippen LogP contribution in [0.1, 0.15) is 0 Å². The maximum absolute atomic E-state index is 0. The van der Waals surface area contributed by atoms with E-state index in [4.69, 9.17) is 0 Å². The molecule has 0 aliphatic carbocycles. The van der Waals surface area contributed by atoms with E-state index in [1.165, 1.54) is 0 Å². The van der Waals surface area contributed by atoms with Crippen LogP contribution in [0.15, 0.2) is 0 Å². The summed E-state index contributed by atoms with van der Waals surface area (Å²) >= 11 is 0. The van der Waals surface area contributed by atoms with E-state index in [0.29, 0.717) is 0 Å². The Morgan fingerprint density at radius 2 is 0.500 bits per heavy atom. The Bertz CT molecular complexity index is 3.25.